The first-order valence-corrected chi connectivity index (χ1v) is 8.77. The summed E-state index contributed by atoms with van der Waals surface area (Å²) in [6.45, 7) is 1.88. The van der Waals surface area contributed by atoms with E-state index in [1.165, 1.54) is 12.1 Å². The van der Waals surface area contributed by atoms with Gasteiger partial charge in [-0.25, -0.2) is 4.39 Å². The lowest BCUT2D eigenvalue weighted by Crippen LogP contribution is -2.43. The maximum atomic E-state index is 13.0. The predicted molar refractivity (Wildman–Crippen MR) is 96.2 cm³/mol. The maximum Gasteiger partial charge on any atom is 0.231 e. The number of benzene rings is 1. The van der Waals surface area contributed by atoms with Gasteiger partial charge in [-0.1, -0.05) is 18.2 Å². The number of aromatic nitrogens is 3. The lowest BCUT2D eigenvalue weighted by molar-refractivity contribution is -0.125. The monoisotopic (exact) mass is 353 g/mol. The van der Waals surface area contributed by atoms with Crippen molar-refractivity contribution in [2.75, 3.05) is 18.0 Å². The number of amides is 1. The highest BCUT2D eigenvalue weighted by molar-refractivity contribution is 5.79. The molecule has 134 valence electrons. The second-order valence-corrected chi connectivity index (χ2v) is 6.56. The highest BCUT2D eigenvalue weighted by Gasteiger charge is 2.27. The molecule has 1 aliphatic rings. The lowest BCUT2D eigenvalue weighted by atomic mass is 9.97. The van der Waals surface area contributed by atoms with Gasteiger partial charge < -0.3 is 10.2 Å². The van der Waals surface area contributed by atoms with Crippen LogP contribution >= 0.6 is 0 Å². The molecule has 4 rings (SSSR count). The molecule has 0 aliphatic carbocycles. The Morgan fingerprint density at radius 1 is 1.19 bits per heavy atom. The van der Waals surface area contributed by atoms with E-state index in [4.69, 9.17) is 0 Å². The summed E-state index contributed by atoms with van der Waals surface area (Å²) in [5.41, 5.74) is 1.68. The molecule has 1 aromatic carbocycles. The number of nitrogens with zero attached hydrogens (tertiary/aromatic N) is 4. The van der Waals surface area contributed by atoms with Crippen molar-refractivity contribution in [1.29, 1.82) is 0 Å². The number of pyridine rings is 1. The first-order valence-electron chi connectivity index (χ1n) is 8.77. The summed E-state index contributed by atoms with van der Waals surface area (Å²) in [4.78, 5) is 14.7. The van der Waals surface area contributed by atoms with E-state index in [1.807, 2.05) is 28.8 Å². The molecule has 6 nitrogen and oxygen atoms in total. The zero-order valence-corrected chi connectivity index (χ0v) is 14.3. The largest absolute Gasteiger partial charge is 0.352 e. The molecule has 1 amide bonds. The SMILES string of the molecule is O=C(NCc1ccc(F)cc1)[C@@H]1CCCN(c2nnc3ccccn23)C1. The number of fused-ring (bicyclic) bond motifs is 1. The van der Waals surface area contributed by atoms with Crippen molar-refractivity contribution in [1.82, 2.24) is 19.9 Å². The van der Waals surface area contributed by atoms with Crippen molar-refractivity contribution in [3.05, 3.63) is 60.0 Å². The van der Waals surface area contributed by atoms with Gasteiger partial charge in [0.05, 0.1) is 5.92 Å². The van der Waals surface area contributed by atoms with Crippen molar-refractivity contribution in [3.8, 4) is 0 Å². The molecule has 3 heterocycles. The fourth-order valence-corrected chi connectivity index (χ4v) is 3.35. The van der Waals surface area contributed by atoms with E-state index >= 15 is 0 Å². The van der Waals surface area contributed by atoms with Crippen LogP contribution in [0.2, 0.25) is 0 Å². The minimum atomic E-state index is -0.275. The second-order valence-electron chi connectivity index (χ2n) is 6.56. The summed E-state index contributed by atoms with van der Waals surface area (Å²) >= 11 is 0. The molecule has 2 aromatic heterocycles. The van der Waals surface area contributed by atoms with Gasteiger partial charge in [0.1, 0.15) is 5.82 Å². The van der Waals surface area contributed by atoms with Crippen LogP contribution < -0.4 is 10.2 Å². The Hall–Kier alpha value is -2.96. The number of hydrogen-bond donors (Lipinski definition) is 1. The number of rotatable bonds is 4. The summed E-state index contributed by atoms with van der Waals surface area (Å²) in [5, 5.41) is 11.4. The molecule has 26 heavy (non-hydrogen) atoms. The third-order valence-corrected chi connectivity index (χ3v) is 4.75. The zero-order valence-electron chi connectivity index (χ0n) is 14.3. The molecule has 1 saturated heterocycles. The minimum absolute atomic E-state index is 0.0212. The van der Waals surface area contributed by atoms with Gasteiger partial charge in [0, 0.05) is 25.8 Å². The molecule has 7 heteroatoms. The smallest absolute Gasteiger partial charge is 0.231 e. The van der Waals surface area contributed by atoms with Crippen LogP contribution in [0.4, 0.5) is 10.3 Å². The van der Waals surface area contributed by atoms with Gasteiger partial charge in [0.15, 0.2) is 5.65 Å². The average molecular weight is 353 g/mol. The van der Waals surface area contributed by atoms with Crippen LogP contribution in [0, 0.1) is 11.7 Å². The summed E-state index contributed by atoms with van der Waals surface area (Å²) < 4.78 is 14.9. The van der Waals surface area contributed by atoms with E-state index < -0.39 is 0 Å². The van der Waals surface area contributed by atoms with Gasteiger partial charge in [-0.05, 0) is 42.7 Å². The van der Waals surface area contributed by atoms with Crippen molar-refractivity contribution in [3.63, 3.8) is 0 Å². The minimum Gasteiger partial charge on any atom is -0.352 e. The Morgan fingerprint density at radius 2 is 2.04 bits per heavy atom. The van der Waals surface area contributed by atoms with Crippen LogP contribution in [-0.4, -0.2) is 33.6 Å². The van der Waals surface area contributed by atoms with Gasteiger partial charge in [0.25, 0.3) is 0 Å². The molecule has 1 fully saturated rings. The van der Waals surface area contributed by atoms with Gasteiger partial charge in [-0.15, -0.1) is 10.2 Å². The summed E-state index contributed by atoms with van der Waals surface area (Å²) in [6.07, 6.45) is 3.71. The van der Waals surface area contributed by atoms with Crippen LogP contribution in [0.5, 0.6) is 0 Å². The van der Waals surface area contributed by atoms with Crippen molar-refractivity contribution >= 4 is 17.5 Å². The van der Waals surface area contributed by atoms with Crippen molar-refractivity contribution in [2.24, 2.45) is 5.92 Å². The Morgan fingerprint density at radius 3 is 2.88 bits per heavy atom. The number of anilines is 1. The van der Waals surface area contributed by atoms with Crippen molar-refractivity contribution < 1.29 is 9.18 Å². The van der Waals surface area contributed by atoms with Gasteiger partial charge >= 0.3 is 0 Å². The average Bonchev–Trinajstić information content (AvgIpc) is 3.11. The van der Waals surface area contributed by atoms with E-state index in [1.54, 1.807) is 12.1 Å². The summed E-state index contributed by atoms with van der Waals surface area (Å²) in [7, 11) is 0. The Bertz CT molecular complexity index is 908. The number of hydrogen-bond acceptors (Lipinski definition) is 4. The predicted octanol–water partition coefficient (Wildman–Crippen LogP) is 2.40. The third kappa shape index (κ3) is 3.37. The molecular weight excluding hydrogens is 333 g/mol. The first kappa shape index (κ1) is 16.5. The Kier molecular flexibility index (Phi) is 4.51. The second kappa shape index (κ2) is 7.11. The quantitative estimate of drug-likeness (QED) is 0.782. The van der Waals surface area contributed by atoms with Gasteiger partial charge in [0.2, 0.25) is 11.9 Å². The molecule has 0 radical (unpaired) electrons. The summed E-state index contributed by atoms with van der Waals surface area (Å²) in [5.74, 6) is 0.424. The van der Waals surface area contributed by atoms with E-state index in [9.17, 15) is 9.18 Å². The molecule has 3 aromatic rings. The third-order valence-electron chi connectivity index (χ3n) is 4.75. The maximum absolute atomic E-state index is 13.0. The van der Waals surface area contributed by atoms with E-state index in [-0.39, 0.29) is 17.6 Å². The first-order chi connectivity index (χ1) is 12.7. The highest BCUT2D eigenvalue weighted by Crippen LogP contribution is 2.22. The molecule has 0 bridgehead atoms. The van der Waals surface area contributed by atoms with E-state index in [0.29, 0.717) is 13.1 Å². The zero-order chi connectivity index (χ0) is 17.9. The standard InChI is InChI=1S/C19H20FN5O/c20-16-8-6-14(7-9-16)12-21-18(26)15-4-3-10-24(13-15)19-23-22-17-5-1-2-11-25(17)19/h1-2,5-9,11,15H,3-4,10,12-13H2,(H,21,26)/t15-/m1/s1. The molecule has 0 saturated carbocycles. The number of carbonyl (C=O) groups is 1. The molecule has 0 spiro atoms. The van der Waals surface area contributed by atoms with Crippen LogP contribution in [0.15, 0.2) is 48.7 Å². The molecule has 1 atom stereocenters. The number of carbonyl (C=O) groups excluding carboxylic acids is 1. The Balaban J connectivity index is 1.41. The number of piperidine rings is 1. The lowest BCUT2D eigenvalue weighted by Gasteiger charge is -2.32. The van der Waals surface area contributed by atoms with Crippen LogP contribution in [0.3, 0.4) is 0 Å². The normalized spacial score (nSPS) is 17.4. The topological polar surface area (TPSA) is 62.5 Å². The van der Waals surface area contributed by atoms with Crippen molar-refractivity contribution in [2.45, 2.75) is 19.4 Å². The number of halogens is 1. The molecule has 1 N–H and O–H groups in total. The fraction of sp³-hybridized carbons (Fsp3) is 0.316. The van der Waals surface area contributed by atoms with E-state index in [2.05, 4.69) is 20.4 Å². The van der Waals surface area contributed by atoms with Gasteiger partial charge in [-0.2, -0.15) is 0 Å². The summed E-state index contributed by atoms with van der Waals surface area (Å²) in [6, 6.07) is 12.0. The van der Waals surface area contributed by atoms with Crippen LogP contribution in [-0.2, 0) is 11.3 Å². The van der Waals surface area contributed by atoms with Crippen LogP contribution in [0.25, 0.3) is 5.65 Å². The molecule has 1 aliphatic heterocycles. The van der Waals surface area contributed by atoms with Gasteiger partial charge in [-0.3, -0.25) is 9.20 Å². The highest BCUT2D eigenvalue weighted by atomic mass is 19.1. The molecule has 0 unspecified atom stereocenters. The Labute approximate surface area is 150 Å². The van der Waals surface area contributed by atoms with Crippen LogP contribution in [0.1, 0.15) is 18.4 Å². The van der Waals surface area contributed by atoms with E-state index in [0.717, 1.165) is 36.5 Å². The number of nitrogens with one attached hydrogen (secondary N) is 1. The molecular formula is C19H20FN5O. The fourth-order valence-electron chi connectivity index (χ4n) is 3.35.